The number of nitrogens with zero attached hydrogens (tertiary/aromatic N) is 4. The number of anilines is 1. The number of likely N-dealkylation sites (N-methyl/N-ethyl adjacent to an activating group) is 1. The average molecular weight is 512 g/mol. The van der Waals surface area contributed by atoms with E-state index in [0.717, 1.165) is 6.42 Å². The van der Waals surface area contributed by atoms with Crippen molar-refractivity contribution < 1.29 is 24.0 Å². The lowest BCUT2D eigenvalue weighted by atomic mass is 10.00. The molecular formula is C27H37N5O5. The summed E-state index contributed by atoms with van der Waals surface area (Å²) in [5, 5.41) is 16.5. The van der Waals surface area contributed by atoms with Crippen molar-refractivity contribution in [3.63, 3.8) is 0 Å². The molecule has 3 atom stereocenters. The lowest BCUT2D eigenvalue weighted by molar-refractivity contribution is 0.0356. The highest BCUT2D eigenvalue weighted by Gasteiger charge is 2.34. The number of hydrogen-bond donors (Lipinski definition) is 2. The number of amides is 3. The Bertz CT molecular complexity index is 1160. The molecular weight excluding hydrogens is 474 g/mol. The third-order valence-electron chi connectivity index (χ3n) is 6.33. The van der Waals surface area contributed by atoms with Crippen molar-refractivity contribution in [2.24, 2.45) is 11.8 Å². The third kappa shape index (κ3) is 6.80. The number of fused-ring (bicyclic) bond motifs is 1. The van der Waals surface area contributed by atoms with Gasteiger partial charge < -0.3 is 29.5 Å². The van der Waals surface area contributed by atoms with Crippen molar-refractivity contribution in [3.8, 4) is 17.7 Å². The largest absolute Gasteiger partial charge is 0.472 e. The van der Waals surface area contributed by atoms with E-state index in [4.69, 9.17) is 9.26 Å². The Morgan fingerprint density at radius 2 is 2.08 bits per heavy atom. The van der Waals surface area contributed by atoms with E-state index in [-0.39, 0.29) is 42.5 Å². The quantitative estimate of drug-likeness (QED) is 0.570. The van der Waals surface area contributed by atoms with Gasteiger partial charge in [-0.3, -0.25) is 4.79 Å². The molecule has 0 spiro atoms. The molecule has 3 rings (SSSR count). The summed E-state index contributed by atoms with van der Waals surface area (Å²) in [5.74, 6) is 6.90. The summed E-state index contributed by atoms with van der Waals surface area (Å²) in [6, 6.07) is 0.946. The monoisotopic (exact) mass is 511 g/mol. The molecule has 200 valence electrons. The molecule has 10 nitrogen and oxygen atoms in total. The standard InChI is InChI=1S/C27H37N5O5/c1-16(2)9-8-10-21-11-22-25(28-12-21)36-23(17(3)13-32(26(22)34)18(4)15-33)14-31(7)27(35)29-24-19(5)30-37-20(24)6/h11-12,16-18,23,33H,9,13-15H2,1-7H3,(H,29,35)/t17-,18+,23-/m1/s1. The van der Waals surface area contributed by atoms with Gasteiger partial charge in [0.15, 0.2) is 5.76 Å². The van der Waals surface area contributed by atoms with Crippen LogP contribution in [0.3, 0.4) is 0 Å². The van der Waals surface area contributed by atoms with Crippen LogP contribution in [0.4, 0.5) is 10.5 Å². The van der Waals surface area contributed by atoms with Crippen molar-refractivity contribution in [3.05, 3.63) is 34.8 Å². The molecule has 0 aliphatic carbocycles. The molecule has 1 aliphatic heterocycles. The Morgan fingerprint density at radius 3 is 2.70 bits per heavy atom. The first-order valence-corrected chi connectivity index (χ1v) is 12.5. The number of aliphatic hydroxyl groups is 1. The van der Waals surface area contributed by atoms with Gasteiger partial charge >= 0.3 is 6.03 Å². The fourth-order valence-corrected chi connectivity index (χ4v) is 3.96. The predicted molar refractivity (Wildman–Crippen MR) is 139 cm³/mol. The minimum atomic E-state index is -0.467. The molecule has 37 heavy (non-hydrogen) atoms. The van der Waals surface area contributed by atoms with Crippen LogP contribution in [0.5, 0.6) is 5.88 Å². The second kappa shape index (κ2) is 12.1. The normalized spacial score (nSPS) is 18.2. The smallest absolute Gasteiger partial charge is 0.321 e. The summed E-state index contributed by atoms with van der Waals surface area (Å²) in [6.45, 7) is 11.8. The number of carbonyl (C=O) groups excluding carboxylic acids is 2. The van der Waals surface area contributed by atoms with Gasteiger partial charge in [0.05, 0.1) is 19.2 Å². The van der Waals surface area contributed by atoms with Crippen LogP contribution in [0.2, 0.25) is 0 Å². The van der Waals surface area contributed by atoms with Gasteiger partial charge in [-0.1, -0.05) is 37.8 Å². The van der Waals surface area contributed by atoms with Crippen LogP contribution in [-0.4, -0.2) is 75.9 Å². The SMILES string of the molecule is Cc1noc(C)c1NC(=O)N(C)C[C@H]1Oc2ncc(C#CCC(C)C)cc2C(=O)N([C@@H](C)CO)C[C@H]1C. The number of urea groups is 1. The number of rotatable bonds is 6. The zero-order valence-electron chi connectivity index (χ0n) is 22.7. The topological polar surface area (TPSA) is 121 Å². The molecule has 0 saturated heterocycles. The Balaban J connectivity index is 1.88. The van der Waals surface area contributed by atoms with Crippen LogP contribution in [0.15, 0.2) is 16.8 Å². The second-order valence-electron chi connectivity index (χ2n) is 10.1. The number of aromatic nitrogens is 2. The minimum Gasteiger partial charge on any atom is -0.472 e. The summed E-state index contributed by atoms with van der Waals surface area (Å²) >= 11 is 0. The highest BCUT2D eigenvalue weighted by atomic mass is 16.5. The molecule has 0 bridgehead atoms. The molecule has 2 aromatic heterocycles. The maximum Gasteiger partial charge on any atom is 0.321 e. The van der Waals surface area contributed by atoms with Gasteiger partial charge in [0, 0.05) is 37.7 Å². The van der Waals surface area contributed by atoms with Crippen molar-refractivity contribution in [2.75, 3.05) is 32.1 Å². The van der Waals surface area contributed by atoms with E-state index in [2.05, 4.69) is 41.1 Å². The fraction of sp³-hybridized carbons (Fsp3) is 0.556. The van der Waals surface area contributed by atoms with Gasteiger partial charge in [0.2, 0.25) is 5.88 Å². The molecule has 0 saturated carbocycles. The van der Waals surface area contributed by atoms with Gasteiger partial charge in [0.1, 0.15) is 23.0 Å². The Hall–Kier alpha value is -3.58. The molecule has 0 unspecified atom stereocenters. The molecule has 3 heterocycles. The summed E-state index contributed by atoms with van der Waals surface area (Å²) in [6.07, 6.45) is 1.86. The van der Waals surface area contributed by atoms with E-state index in [1.54, 1.807) is 45.0 Å². The minimum absolute atomic E-state index is 0.160. The van der Waals surface area contributed by atoms with Crippen LogP contribution in [0.25, 0.3) is 0 Å². The summed E-state index contributed by atoms with van der Waals surface area (Å²) in [4.78, 5) is 34.0. The van der Waals surface area contributed by atoms with Crippen LogP contribution in [0.1, 0.15) is 61.5 Å². The highest BCUT2D eigenvalue weighted by molar-refractivity contribution is 5.97. The van der Waals surface area contributed by atoms with Crippen molar-refractivity contribution >= 4 is 17.6 Å². The van der Waals surface area contributed by atoms with Gasteiger partial charge in [-0.25, -0.2) is 9.78 Å². The first-order chi connectivity index (χ1) is 17.5. The van der Waals surface area contributed by atoms with E-state index in [1.165, 1.54) is 4.90 Å². The van der Waals surface area contributed by atoms with E-state index < -0.39 is 12.1 Å². The van der Waals surface area contributed by atoms with Crippen LogP contribution in [-0.2, 0) is 0 Å². The average Bonchev–Trinajstić information content (AvgIpc) is 3.17. The van der Waals surface area contributed by atoms with Crippen molar-refractivity contribution in [1.29, 1.82) is 0 Å². The molecule has 0 fully saturated rings. The van der Waals surface area contributed by atoms with Crippen molar-refractivity contribution in [1.82, 2.24) is 19.9 Å². The zero-order chi connectivity index (χ0) is 27.3. The fourth-order valence-electron chi connectivity index (χ4n) is 3.96. The van der Waals surface area contributed by atoms with Gasteiger partial charge in [-0.2, -0.15) is 0 Å². The van der Waals surface area contributed by atoms with E-state index in [9.17, 15) is 14.7 Å². The number of nitrogens with one attached hydrogen (secondary N) is 1. The molecule has 1 aliphatic rings. The van der Waals surface area contributed by atoms with Crippen LogP contribution in [0, 0.1) is 37.5 Å². The number of carbonyl (C=O) groups is 2. The van der Waals surface area contributed by atoms with Gasteiger partial charge in [-0.15, -0.1) is 0 Å². The molecule has 0 aromatic carbocycles. The Labute approximate surface area is 218 Å². The van der Waals surface area contributed by atoms with Crippen LogP contribution >= 0.6 is 0 Å². The summed E-state index contributed by atoms with van der Waals surface area (Å²) in [5.41, 5.74) is 2.04. The van der Waals surface area contributed by atoms with Crippen LogP contribution < -0.4 is 10.1 Å². The van der Waals surface area contributed by atoms with E-state index in [1.807, 2.05) is 6.92 Å². The maximum absolute atomic E-state index is 13.5. The van der Waals surface area contributed by atoms with Crippen molar-refractivity contribution in [2.45, 2.75) is 60.1 Å². The number of pyridine rings is 1. The molecule has 10 heteroatoms. The lowest BCUT2D eigenvalue weighted by Gasteiger charge is -2.37. The first-order valence-electron chi connectivity index (χ1n) is 12.5. The zero-order valence-corrected chi connectivity index (χ0v) is 22.7. The molecule has 2 aromatic rings. The lowest BCUT2D eigenvalue weighted by Crippen LogP contribution is -2.50. The predicted octanol–water partition coefficient (Wildman–Crippen LogP) is 3.47. The molecule has 0 radical (unpaired) electrons. The summed E-state index contributed by atoms with van der Waals surface area (Å²) in [7, 11) is 1.67. The van der Waals surface area contributed by atoms with E-state index in [0.29, 0.717) is 35.2 Å². The number of ether oxygens (including phenoxy) is 1. The number of aryl methyl sites for hydroxylation is 2. The Morgan fingerprint density at radius 1 is 1.35 bits per heavy atom. The number of aliphatic hydroxyl groups excluding tert-OH is 1. The maximum atomic E-state index is 13.5. The van der Waals surface area contributed by atoms with E-state index >= 15 is 0 Å². The Kier molecular flexibility index (Phi) is 9.16. The molecule has 3 amide bonds. The molecule has 2 N–H and O–H groups in total. The number of hydrogen-bond acceptors (Lipinski definition) is 7. The van der Waals surface area contributed by atoms with Gasteiger partial charge in [-0.05, 0) is 32.8 Å². The second-order valence-corrected chi connectivity index (χ2v) is 10.1. The third-order valence-corrected chi connectivity index (χ3v) is 6.33. The summed E-state index contributed by atoms with van der Waals surface area (Å²) < 4.78 is 11.4. The first kappa shape index (κ1) is 28.0. The van der Waals surface area contributed by atoms with Gasteiger partial charge in [0.25, 0.3) is 5.91 Å². The highest BCUT2D eigenvalue weighted by Crippen LogP contribution is 2.27.